The lowest BCUT2D eigenvalue weighted by Crippen LogP contribution is -2.37. The molecule has 2 heterocycles. The van der Waals surface area contributed by atoms with Gasteiger partial charge in [-0.1, -0.05) is 26.7 Å². The van der Waals surface area contributed by atoms with Crippen molar-refractivity contribution in [3.05, 3.63) is 34.7 Å². The van der Waals surface area contributed by atoms with Crippen molar-refractivity contribution in [1.82, 2.24) is 14.9 Å². The highest BCUT2D eigenvalue weighted by Crippen LogP contribution is 2.33. The highest BCUT2D eigenvalue weighted by atomic mass is 16.5. The Morgan fingerprint density at radius 2 is 2.24 bits per heavy atom. The first kappa shape index (κ1) is 21.2. The maximum Gasteiger partial charge on any atom is 0.293 e. The molecule has 158 valence electrons. The first-order valence-electron chi connectivity index (χ1n) is 10.6. The molecule has 2 atom stereocenters. The van der Waals surface area contributed by atoms with Crippen molar-refractivity contribution in [2.45, 2.75) is 64.5 Å². The molecule has 3 rings (SSSR count). The summed E-state index contributed by atoms with van der Waals surface area (Å²) in [7, 11) is 0. The number of nitrogens with two attached hydrogens (primary N) is 1. The van der Waals surface area contributed by atoms with Crippen LogP contribution < -0.4 is 21.3 Å². The molecule has 1 saturated heterocycles. The van der Waals surface area contributed by atoms with Gasteiger partial charge in [-0.2, -0.15) is 0 Å². The number of benzene rings is 1. The topological polar surface area (TPSA) is 102 Å². The van der Waals surface area contributed by atoms with Crippen LogP contribution in [0.2, 0.25) is 0 Å². The zero-order valence-electron chi connectivity index (χ0n) is 17.4. The zero-order chi connectivity index (χ0) is 20.8. The number of ether oxygens (including phenoxy) is 1. The van der Waals surface area contributed by atoms with E-state index in [-0.39, 0.29) is 29.3 Å². The molecule has 1 aliphatic heterocycles. The smallest absolute Gasteiger partial charge is 0.293 e. The monoisotopic (exact) mass is 400 g/mol. The Morgan fingerprint density at radius 1 is 1.41 bits per heavy atom. The van der Waals surface area contributed by atoms with Gasteiger partial charge < -0.3 is 25.5 Å². The van der Waals surface area contributed by atoms with Crippen molar-refractivity contribution in [1.29, 1.82) is 0 Å². The summed E-state index contributed by atoms with van der Waals surface area (Å²) in [6.45, 7) is 5.94. The Morgan fingerprint density at radius 3 is 2.93 bits per heavy atom. The van der Waals surface area contributed by atoms with Gasteiger partial charge in [-0.05, 0) is 50.4 Å². The van der Waals surface area contributed by atoms with Gasteiger partial charge in [0, 0.05) is 24.3 Å². The first-order chi connectivity index (χ1) is 14.0. The number of nitrogens with one attached hydrogen (secondary N) is 1. The van der Waals surface area contributed by atoms with Crippen LogP contribution in [0.1, 0.15) is 58.4 Å². The quantitative estimate of drug-likeness (QED) is 0.627. The Bertz CT molecular complexity index is 875. The molecule has 0 bridgehead atoms. The van der Waals surface area contributed by atoms with Gasteiger partial charge >= 0.3 is 0 Å². The Balaban J connectivity index is 1.93. The molecule has 2 aromatic rings. The van der Waals surface area contributed by atoms with E-state index in [9.17, 15) is 9.90 Å². The van der Waals surface area contributed by atoms with Gasteiger partial charge in [0.1, 0.15) is 11.5 Å². The minimum absolute atomic E-state index is 0.0281. The van der Waals surface area contributed by atoms with Gasteiger partial charge in [0.05, 0.1) is 11.8 Å². The minimum Gasteiger partial charge on any atom is -0.507 e. The van der Waals surface area contributed by atoms with Gasteiger partial charge in [0.15, 0.2) is 5.82 Å². The standard InChI is InChI=1S/C22H32N4O3/c1-3-5-8-16(4-2)29-17-9-10-20(27)18(12-17)19-14-26(22(28)21(23)25-19)15-7-6-11-24-13-15/h9-10,12,14-16,24,27H,3-8,11,13H2,1-2H3,(H2,23,25). The van der Waals surface area contributed by atoms with E-state index >= 15 is 0 Å². The zero-order valence-corrected chi connectivity index (χ0v) is 17.4. The van der Waals surface area contributed by atoms with Gasteiger partial charge in [-0.3, -0.25) is 4.79 Å². The van der Waals surface area contributed by atoms with Crippen LogP contribution in [0.5, 0.6) is 11.5 Å². The van der Waals surface area contributed by atoms with E-state index in [0.717, 1.165) is 45.1 Å². The third kappa shape index (κ3) is 5.09. The summed E-state index contributed by atoms with van der Waals surface area (Å²) < 4.78 is 7.78. The maximum absolute atomic E-state index is 12.5. The number of rotatable bonds is 8. The summed E-state index contributed by atoms with van der Waals surface area (Å²) in [4.78, 5) is 16.8. The van der Waals surface area contributed by atoms with Crippen LogP contribution in [0.25, 0.3) is 11.3 Å². The van der Waals surface area contributed by atoms with Crippen molar-refractivity contribution in [3.8, 4) is 22.8 Å². The predicted octanol–water partition coefficient (Wildman–Crippen LogP) is 3.47. The van der Waals surface area contributed by atoms with E-state index in [4.69, 9.17) is 10.5 Å². The number of phenols is 1. The second-order valence-corrected chi connectivity index (χ2v) is 7.69. The summed E-state index contributed by atoms with van der Waals surface area (Å²) in [5, 5.41) is 13.8. The number of piperidine rings is 1. The van der Waals surface area contributed by atoms with Crippen LogP contribution in [0.4, 0.5) is 5.82 Å². The van der Waals surface area contributed by atoms with Crippen molar-refractivity contribution in [2.75, 3.05) is 18.8 Å². The summed E-state index contributed by atoms with van der Waals surface area (Å²) in [6, 6.07) is 5.17. The van der Waals surface area contributed by atoms with E-state index in [1.54, 1.807) is 29.0 Å². The molecule has 1 aliphatic rings. The minimum atomic E-state index is -0.292. The van der Waals surface area contributed by atoms with Gasteiger partial charge in [0.2, 0.25) is 0 Å². The normalized spacial score (nSPS) is 17.8. The molecule has 29 heavy (non-hydrogen) atoms. The van der Waals surface area contributed by atoms with Gasteiger partial charge in [-0.25, -0.2) is 4.98 Å². The highest BCUT2D eigenvalue weighted by Gasteiger charge is 2.20. The largest absolute Gasteiger partial charge is 0.507 e. The Kier molecular flexibility index (Phi) is 7.14. The third-order valence-electron chi connectivity index (χ3n) is 5.50. The van der Waals surface area contributed by atoms with Crippen LogP contribution in [0.3, 0.4) is 0 Å². The molecular formula is C22H32N4O3. The molecule has 0 saturated carbocycles. The summed E-state index contributed by atoms with van der Waals surface area (Å²) in [5.74, 6) is 0.698. The highest BCUT2D eigenvalue weighted by molar-refractivity contribution is 5.69. The number of anilines is 1. The van der Waals surface area contributed by atoms with Crippen LogP contribution >= 0.6 is 0 Å². The molecule has 0 radical (unpaired) electrons. The van der Waals surface area contributed by atoms with Crippen LogP contribution in [-0.4, -0.2) is 33.9 Å². The van der Waals surface area contributed by atoms with E-state index in [1.807, 2.05) is 0 Å². The average Bonchev–Trinajstić information content (AvgIpc) is 2.74. The Labute approximate surface area is 171 Å². The van der Waals surface area contributed by atoms with Crippen LogP contribution in [0, 0.1) is 0 Å². The lowest BCUT2D eigenvalue weighted by atomic mass is 10.1. The molecule has 0 aliphatic carbocycles. The fraction of sp³-hybridized carbons (Fsp3) is 0.545. The van der Waals surface area contributed by atoms with Gasteiger partial charge in [0.25, 0.3) is 5.56 Å². The number of nitrogen functional groups attached to an aromatic ring is 1. The number of unbranched alkanes of at least 4 members (excludes halogenated alkanes) is 1. The third-order valence-corrected chi connectivity index (χ3v) is 5.50. The number of hydrogen-bond donors (Lipinski definition) is 3. The van der Waals surface area contributed by atoms with Crippen LogP contribution in [0.15, 0.2) is 29.2 Å². The molecule has 0 amide bonds. The fourth-order valence-corrected chi connectivity index (χ4v) is 3.77. The second kappa shape index (κ2) is 9.78. The number of nitrogens with zero attached hydrogens (tertiary/aromatic N) is 2. The Hall–Kier alpha value is -2.54. The van der Waals surface area contributed by atoms with Crippen molar-refractivity contribution in [3.63, 3.8) is 0 Å². The molecular weight excluding hydrogens is 368 g/mol. The lowest BCUT2D eigenvalue weighted by Gasteiger charge is -2.25. The van der Waals surface area contributed by atoms with Crippen molar-refractivity contribution >= 4 is 5.82 Å². The molecule has 1 aromatic heterocycles. The summed E-state index contributed by atoms with van der Waals surface area (Å²) in [5.41, 5.74) is 6.62. The molecule has 1 fully saturated rings. The SMILES string of the molecule is CCCCC(CC)Oc1ccc(O)c(-c2cn(C3CCCNC3)c(=O)c(N)n2)c1. The van der Waals surface area contributed by atoms with E-state index in [2.05, 4.69) is 24.1 Å². The molecule has 0 spiro atoms. The van der Waals surface area contributed by atoms with E-state index < -0.39 is 0 Å². The second-order valence-electron chi connectivity index (χ2n) is 7.69. The molecule has 2 unspecified atom stereocenters. The fourth-order valence-electron chi connectivity index (χ4n) is 3.77. The number of hydrogen-bond acceptors (Lipinski definition) is 6. The van der Waals surface area contributed by atoms with Crippen LogP contribution in [-0.2, 0) is 0 Å². The summed E-state index contributed by atoms with van der Waals surface area (Å²) in [6.07, 6.45) is 7.88. The first-order valence-corrected chi connectivity index (χ1v) is 10.6. The number of aromatic hydroxyl groups is 1. The predicted molar refractivity (Wildman–Crippen MR) is 115 cm³/mol. The molecule has 7 nitrogen and oxygen atoms in total. The summed E-state index contributed by atoms with van der Waals surface area (Å²) >= 11 is 0. The average molecular weight is 401 g/mol. The van der Waals surface area contributed by atoms with E-state index in [0.29, 0.717) is 23.6 Å². The van der Waals surface area contributed by atoms with Crippen molar-refractivity contribution < 1.29 is 9.84 Å². The van der Waals surface area contributed by atoms with Crippen molar-refractivity contribution in [2.24, 2.45) is 0 Å². The molecule has 1 aromatic carbocycles. The maximum atomic E-state index is 12.5. The number of phenolic OH excluding ortho intramolecular Hbond substituents is 1. The molecule has 4 N–H and O–H groups in total. The molecule has 7 heteroatoms. The number of aromatic nitrogens is 2. The van der Waals surface area contributed by atoms with Gasteiger partial charge in [-0.15, -0.1) is 0 Å². The lowest BCUT2D eigenvalue weighted by molar-refractivity contribution is 0.183. The van der Waals surface area contributed by atoms with E-state index in [1.165, 1.54) is 0 Å².